The van der Waals surface area contributed by atoms with E-state index >= 15 is 0 Å². The summed E-state index contributed by atoms with van der Waals surface area (Å²) in [6, 6.07) is 4.14. The zero-order valence-corrected chi connectivity index (χ0v) is 12.7. The molecular formula is C14H15Cl2NO4. The van der Waals surface area contributed by atoms with Gasteiger partial charge in [-0.05, 0) is 25.0 Å². The van der Waals surface area contributed by atoms with Crippen LogP contribution in [0.15, 0.2) is 18.2 Å². The van der Waals surface area contributed by atoms with Gasteiger partial charge in [-0.3, -0.25) is 4.79 Å². The predicted octanol–water partition coefficient (Wildman–Crippen LogP) is 2.84. The van der Waals surface area contributed by atoms with E-state index in [0.717, 1.165) is 6.42 Å². The van der Waals surface area contributed by atoms with Crippen LogP contribution >= 0.6 is 23.2 Å². The third-order valence-electron chi connectivity index (χ3n) is 3.33. The Labute approximate surface area is 132 Å². The van der Waals surface area contributed by atoms with Gasteiger partial charge in [0.05, 0.1) is 23.1 Å². The smallest absolute Gasteiger partial charge is 0.326 e. The monoisotopic (exact) mass is 331 g/mol. The molecule has 0 bridgehead atoms. The van der Waals surface area contributed by atoms with Crippen LogP contribution in [0.5, 0.6) is 5.75 Å². The number of ether oxygens (including phenoxy) is 1. The van der Waals surface area contributed by atoms with Crippen LogP contribution in [0, 0.1) is 0 Å². The molecule has 1 saturated heterocycles. The Hall–Kier alpha value is -1.46. The number of amides is 1. The van der Waals surface area contributed by atoms with Crippen LogP contribution in [0.4, 0.5) is 0 Å². The van der Waals surface area contributed by atoms with E-state index in [4.69, 9.17) is 33.0 Å². The maximum absolute atomic E-state index is 12.0. The summed E-state index contributed by atoms with van der Waals surface area (Å²) in [4.78, 5) is 24.4. The van der Waals surface area contributed by atoms with Gasteiger partial charge in [0.15, 0.2) is 0 Å². The normalized spacial score (nSPS) is 17.8. The van der Waals surface area contributed by atoms with Crippen molar-refractivity contribution in [3.05, 3.63) is 28.2 Å². The Bertz CT molecular complexity index is 550. The van der Waals surface area contributed by atoms with E-state index in [1.54, 1.807) is 18.2 Å². The molecule has 1 aromatic rings. The number of carbonyl (C=O) groups excluding carboxylic acids is 1. The first-order chi connectivity index (χ1) is 9.99. The summed E-state index contributed by atoms with van der Waals surface area (Å²) in [7, 11) is 0. The second-order valence-corrected chi connectivity index (χ2v) is 5.57. The van der Waals surface area contributed by atoms with Gasteiger partial charge in [-0.15, -0.1) is 0 Å². The lowest BCUT2D eigenvalue weighted by Gasteiger charge is -2.21. The Morgan fingerprint density at radius 1 is 1.33 bits per heavy atom. The molecular weight excluding hydrogens is 317 g/mol. The maximum atomic E-state index is 12.0. The summed E-state index contributed by atoms with van der Waals surface area (Å²) in [5.41, 5.74) is 0. The lowest BCUT2D eigenvalue weighted by atomic mass is 10.2. The molecule has 1 aliphatic rings. The SMILES string of the molecule is O=C(O)[C@@H]1CCCN1C(=O)CCOc1ccc(Cl)c(Cl)c1. The number of carboxylic acids is 1. The summed E-state index contributed by atoms with van der Waals surface area (Å²) in [6.07, 6.45) is 1.36. The molecule has 0 aromatic heterocycles. The largest absolute Gasteiger partial charge is 0.493 e. The van der Waals surface area contributed by atoms with E-state index in [-0.39, 0.29) is 18.9 Å². The topological polar surface area (TPSA) is 66.8 Å². The van der Waals surface area contributed by atoms with Crippen LogP contribution in [0.25, 0.3) is 0 Å². The number of carbonyl (C=O) groups is 2. The number of nitrogens with zero attached hydrogens (tertiary/aromatic N) is 1. The maximum Gasteiger partial charge on any atom is 0.326 e. The van der Waals surface area contributed by atoms with Gasteiger partial charge < -0.3 is 14.7 Å². The molecule has 0 spiro atoms. The van der Waals surface area contributed by atoms with Gasteiger partial charge in [0.1, 0.15) is 11.8 Å². The molecule has 2 rings (SSSR count). The van der Waals surface area contributed by atoms with Crippen LogP contribution in [0.1, 0.15) is 19.3 Å². The molecule has 0 saturated carbocycles. The molecule has 0 radical (unpaired) electrons. The molecule has 1 amide bonds. The highest BCUT2D eigenvalue weighted by molar-refractivity contribution is 6.42. The average molecular weight is 332 g/mol. The molecule has 21 heavy (non-hydrogen) atoms. The fraction of sp³-hybridized carbons (Fsp3) is 0.429. The van der Waals surface area contributed by atoms with Crippen LogP contribution in [0.2, 0.25) is 10.0 Å². The van der Waals surface area contributed by atoms with Gasteiger partial charge in [-0.25, -0.2) is 4.79 Å². The molecule has 5 nitrogen and oxygen atoms in total. The molecule has 0 unspecified atom stereocenters. The van der Waals surface area contributed by atoms with Gasteiger partial charge in [-0.1, -0.05) is 23.2 Å². The van der Waals surface area contributed by atoms with Crippen molar-refractivity contribution < 1.29 is 19.4 Å². The third-order valence-corrected chi connectivity index (χ3v) is 4.07. The predicted molar refractivity (Wildman–Crippen MR) is 78.9 cm³/mol. The number of hydrogen-bond acceptors (Lipinski definition) is 3. The van der Waals surface area contributed by atoms with E-state index in [2.05, 4.69) is 0 Å². The Kier molecular flexibility index (Phi) is 5.31. The number of carboxylic acid groups (broad SMARTS) is 1. The molecule has 1 aromatic carbocycles. The van der Waals surface area contributed by atoms with Crippen LogP contribution < -0.4 is 4.74 Å². The summed E-state index contributed by atoms with van der Waals surface area (Å²) in [5.74, 6) is -0.639. The van der Waals surface area contributed by atoms with Crippen molar-refractivity contribution in [3.63, 3.8) is 0 Å². The van der Waals surface area contributed by atoms with E-state index in [1.165, 1.54) is 4.90 Å². The van der Waals surface area contributed by atoms with Crippen LogP contribution in [-0.2, 0) is 9.59 Å². The van der Waals surface area contributed by atoms with Gasteiger partial charge in [0.2, 0.25) is 5.91 Å². The molecule has 0 aliphatic carbocycles. The quantitative estimate of drug-likeness (QED) is 0.900. The first-order valence-electron chi connectivity index (χ1n) is 6.59. The fourth-order valence-corrected chi connectivity index (χ4v) is 2.58. The highest BCUT2D eigenvalue weighted by Crippen LogP contribution is 2.26. The summed E-state index contributed by atoms with van der Waals surface area (Å²) >= 11 is 11.7. The number of hydrogen-bond donors (Lipinski definition) is 1. The molecule has 1 atom stereocenters. The number of rotatable bonds is 5. The second-order valence-electron chi connectivity index (χ2n) is 4.76. The molecule has 1 N–H and O–H groups in total. The Morgan fingerprint density at radius 3 is 2.76 bits per heavy atom. The van der Waals surface area contributed by atoms with Crippen molar-refractivity contribution in [1.82, 2.24) is 4.90 Å². The highest BCUT2D eigenvalue weighted by atomic mass is 35.5. The van der Waals surface area contributed by atoms with Crippen molar-refractivity contribution >= 4 is 35.1 Å². The lowest BCUT2D eigenvalue weighted by Crippen LogP contribution is -2.40. The fourth-order valence-electron chi connectivity index (χ4n) is 2.29. The van der Waals surface area contributed by atoms with Crippen molar-refractivity contribution in [2.75, 3.05) is 13.2 Å². The van der Waals surface area contributed by atoms with Gasteiger partial charge >= 0.3 is 5.97 Å². The summed E-state index contributed by atoms with van der Waals surface area (Å²) in [6.45, 7) is 0.655. The van der Waals surface area contributed by atoms with Gasteiger partial charge in [-0.2, -0.15) is 0 Å². The highest BCUT2D eigenvalue weighted by Gasteiger charge is 2.33. The third kappa shape index (κ3) is 4.02. The average Bonchev–Trinajstić information content (AvgIpc) is 2.92. The zero-order valence-electron chi connectivity index (χ0n) is 11.2. The van der Waals surface area contributed by atoms with Crippen LogP contribution in [0.3, 0.4) is 0 Å². The van der Waals surface area contributed by atoms with Crippen LogP contribution in [-0.4, -0.2) is 41.1 Å². The zero-order chi connectivity index (χ0) is 15.4. The first-order valence-corrected chi connectivity index (χ1v) is 7.35. The van der Waals surface area contributed by atoms with E-state index < -0.39 is 12.0 Å². The Morgan fingerprint density at radius 2 is 2.10 bits per heavy atom. The minimum absolute atomic E-state index is 0.129. The number of likely N-dealkylation sites (tertiary alicyclic amines) is 1. The van der Waals surface area contributed by atoms with Crippen molar-refractivity contribution in [2.45, 2.75) is 25.3 Å². The van der Waals surface area contributed by atoms with Gasteiger partial charge in [0.25, 0.3) is 0 Å². The van der Waals surface area contributed by atoms with E-state index in [0.29, 0.717) is 28.8 Å². The van der Waals surface area contributed by atoms with Crippen molar-refractivity contribution in [3.8, 4) is 5.75 Å². The van der Waals surface area contributed by atoms with E-state index in [1.807, 2.05) is 0 Å². The molecule has 1 heterocycles. The minimum Gasteiger partial charge on any atom is -0.493 e. The number of halogens is 2. The molecule has 1 fully saturated rings. The summed E-state index contributed by atoms with van der Waals surface area (Å²) < 4.78 is 5.43. The lowest BCUT2D eigenvalue weighted by molar-refractivity contribution is -0.148. The standard InChI is InChI=1S/C14H15Cl2NO4/c15-10-4-3-9(8-11(10)16)21-7-5-13(18)17-6-1-2-12(17)14(19)20/h3-4,8,12H,1-2,5-7H2,(H,19,20)/t12-/m0/s1. The summed E-state index contributed by atoms with van der Waals surface area (Å²) in [5, 5.41) is 9.85. The first kappa shape index (κ1) is 15.9. The number of benzene rings is 1. The Balaban J connectivity index is 1.84. The van der Waals surface area contributed by atoms with E-state index in [9.17, 15) is 9.59 Å². The van der Waals surface area contributed by atoms with Gasteiger partial charge in [0, 0.05) is 12.6 Å². The molecule has 114 valence electrons. The molecule has 1 aliphatic heterocycles. The van der Waals surface area contributed by atoms with Crippen molar-refractivity contribution in [2.24, 2.45) is 0 Å². The molecule has 7 heteroatoms. The number of aliphatic carboxylic acids is 1. The van der Waals surface area contributed by atoms with Crippen molar-refractivity contribution in [1.29, 1.82) is 0 Å². The second kappa shape index (κ2) is 7.00. The minimum atomic E-state index is -0.953.